The Morgan fingerprint density at radius 1 is 1.00 bits per heavy atom. The largest absolute Gasteiger partial charge is 0.507 e. The number of hydrogen-bond acceptors (Lipinski definition) is 4. The second kappa shape index (κ2) is 7.19. The van der Waals surface area contributed by atoms with Gasteiger partial charge in [-0.3, -0.25) is 14.5 Å². The number of aliphatic hydroxyl groups excluding tert-OH is 1. The van der Waals surface area contributed by atoms with Crippen molar-refractivity contribution in [2.45, 2.75) is 19.4 Å². The molecule has 140 valence electrons. The van der Waals surface area contributed by atoms with Gasteiger partial charge in [-0.2, -0.15) is 0 Å². The van der Waals surface area contributed by atoms with Gasteiger partial charge in [-0.05, 0) is 36.2 Å². The van der Waals surface area contributed by atoms with Crippen LogP contribution < -0.4 is 4.90 Å². The Kier molecular flexibility index (Phi) is 4.57. The Morgan fingerprint density at radius 3 is 2.32 bits per heavy atom. The van der Waals surface area contributed by atoms with E-state index < -0.39 is 17.7 Å². The highest BCUT2D eigenvalue weighted by molar-refractivity contribution is 6.51. The highest BCUT2D eigenvalue weighted by atomic mass is 16.3. The predicted molar refractivity (Wildman–Crippen MR) is 106 cm³/mol. The number of anilines is 1. The van der Waals surface area contributed by atoms with E-state index >= 15 is 0 Å². The highest BCUT2D eigenvalue weighted by Crippen LogP contribution is 2.42. The minimum absolute atomic E-state index is 0.0192. The lowest BCUT2D eigenvalue weighted by Gasteiger charge is -2.23. The van der Waals surface area contributed by atoms with E-state index in [1.54, 1.807) is 36.4 Å². The SMILES string of the molecule is CCc1ccc(N2C(=O)C(=O)/C(=C(\O)c3ccccc3)C2c2ccco2)cc1. The van der Waals surface area contributed by atoms with Crippen molar-refractivity contribution >= 4 is 23.1 Å². The van der Waals surface area contributed by atoms with E-state index in [2.05, 4.69) is 0 Å². The first-order valence-electron chi connectivity index (χ1n) is 9.10. The number of benzene rings is 2. The molecule has 1 N–H and O–H groups in total. The van der Waals surface area contributed by atoms with Crippen LogP contribution in [0.15, 0.2) is 83.0 Å². The Morgan fingerprint density at radius 2 is 1.71 bits per heavy atom. The van der Waals surface area contributed by atoms with Gasteiger partial charge in [-0.25, -0.2) is 0 Å². The minimum Gasteiger partial charge on any atom is -0.507 e. The average Bonchev–Trinajstić information content (AvgIpc) is 3.35. The lowest BCUT2D eigenvalue weighted by molar-refractivity contribution is -0.132. The van der Waals surface area contributed by atoms with Crippen LogP contribution in [-0.2, 0) is 16.0 Å². The molecule has 1 aromatic heterocycles. The third-order valence-electron chi connectivity index (χ3n) is 4.93. The molecule has 3 aromatic rings. The summed E-state index contributed by atoms with van der Waals surface area (Å²) in [5.41, 5.74) is 2.19. The fourth-order valence-corrected chi connectivity index (χ4v) is 3.46. The van der Waals surface area contributed by atoms with Crippen molar-refractivity contribution in [3.05, 3.63) is 95.5 Å². The number of hydrogen-bond donors (Lipinski definition) is 1. The zero-order valence-corrected chi connectivity index (χ0v) is 15.3. The molecule has 28 heavy (non-hydrogen) atoms. The van der Waals surface area contributed by atoms with Crippen LogP contribution in [0.1, 0.15) is 29.9 Å². The fourth-order valence-electron chi connectivity index (χ4n) is 3.46. The molecule has 0 saturated carbocycles. The first kappa shape index (κ1) is 17.8. The molecule has 5 heteroatoms. The van der Waals surface area contributed by atoms with Crippen LogP contribution in [0.3, 0.4) is 0 Å². The van der Waals surface area contributed by atoms with Gasteiger partial charge in [-0.15, -0.1) is 0 Å². The molecule has 1 aliphatic rings. The Hall–Kier alpha value is -3.60. The van der Waals surface area contributed by atoms with Crippen LogP contribution in [0.4, 0.5) is 5.69 Å². The van der Waals surface area contributed by atoms with Crippen LogP contribution in [0.25, 0.3) is 5.76 Å². The monoisotopic (exact) mass is 373 g/mol. The average molecular weight is 373 g/mol. The maximum absolute atomic E-state index is 12.9. The second-order valence-corrected chi connectivity index (χ2v) is 6.57. The molecule has 1 unspecified atom stereocenters. The van der Waals surface area contributed by atoms with Gasteiger partial charge in [0.1, 0.15) is 17.6 Å². The first-order valence-corrected chi connectivity index (χ1v) is 9.10. The number of aryl methyl sites for hydroxylation is 1. The molecule has 4 rings (SSSR count). The topological polar surface area (TPSA) is 70.8 Å². The van der Waals surface area contributed by atoms with E-state index in [4.69, 9.17) is 4.42 Å². The summed E-state index contributed by atoms with van der Waals surface area (Å²) in [6, 6.07) is 18.7. The van der Waals surface area contributed by atoms with Crippen LogP contribution >= 0.6 is 0 Å². The zero-order valence-electron chi connectivity index (χ0n) is 15.3. The summed E-state index contributed by atoms with van der Waals surface area (Å²) in [6.45, 7) is 2.05. The molecular weight excluding hydrogens is 354 g/mol. The molecule has 1 saturated heterocycles. The quantitative estimate of drug-likeness (QED) is 0.416. The summed E-state index contributed by atoms with van der Waals surface area (Å²) in [7, 11) is 0. The molecule has 0 spiro atoms. The molecule has 0 bridgehead atoms. The molecule has 1 aliphatic heterocycles. The minimum atomic E-state index is -0.831. The van der Waals surface area contributed by atoms with Crippen molar-refractivity contribution in [2.75, 3.05) is 4.90 Å². The summed E-state index contributed by atoms with van der Waals surface area (Å²) in [4.78, 5) is 27.2. The van der Waals surface area contributed by atoms with Crippen LogP contribution in [0.2, 0.25) is 0 Å². The molecule has 1 amide bonds. The Bertz CT molecular complexity index is 1030. The Balaban J connectivity index is 1.89. The van der Waals surface area contributed by atoms with E-state index in [-0.39, 0.29) is 11.3 Å². The lowest BCUT2D eigenvalue weighted by atomic mass is 9.99. The third kappa shape index (κ3) is 2.91. The van der Waals surface area contributed by atoms with Crippen LogP contribution in [0.5, 0.6) is 0 Å². The number of Topliss-reactive ketones (excluding diaryl/α,β-unsaturated/α-hetero) is 1. The number of amides is 1. The number of carbonyl (C=O) groups excluding carboxylic acids is 2. The summed E-state index contributed by atoms with van der Waals surface area (Å²) in [5, 5.41) is 10.9. The maximum atomic E-state index is 12.9. The number of rotatable bonds is 4. The van der Waals surface area contributed by atoms with E-state index in [0.29, 0.717) is 17.0 Å². The van der Waals surface area contributed by atoms with Crippen molar-refractivity contribution in [3.8, 4) is 0 Å². The van der Waals surface area contributed by atoms with Crippen molar-refractivity contribution < 1.29 is 19.1 Å². The molecule has 2 heterocycles. The van der Waals surface area contributed by atoms with Gasteiger partial charge >= 0.3 is 0 Å². The molecular formula is C23H19NO4. The van der Waals surface area contributed by atoms with Gasteiger partial charge in [-0.1, -0.05) is 49.4 Å². The van der Waals surface area contributed by atoms with Crippen molar-refractivity contribution in [1.29, 1.82) is 0 Å². The maximum Gasteiger partial charge on any atom is 0.300 e. The highest BCUT2D eigenvalue weighted by Gasteiger charge is 2.48. The van der Waals surface area contributed by atoms with Gasteiger partial charge < -0.3 is 9.52 Å². The van der Waals surface area contributed by atoms with E-state index in [0.717, 1.165) is 12.0 Å². The second-order valence-electron chi connectivity index (χ2n) is 6.57. The van der Waals surface area contributed by atoms with Crippen molar-refractivity contribution in [2.24, 2.45) is 0 Å². The number of carbonyl (C=O) groups is 2. The predicted octanol–water partition coefficient (Wildman–Crippen LogP) is 4.47. The smallest absolute Gasteiger partial charge is 0.300 e. The van der Waals surface area contributed by atoms with E-state index in [1.165, 1.54) is 11.2 Å². The van der Waals surface area contributed by atoms with Crippen molar-refractivity contribution in [1.82, 2.24) is 0 Å². The number of furan rings is 1. The summed E-state index contributed by atoms with van der Waals surface area (Å²) < 4.78 is 5.54. The van der Waals surface area contributed by atoms with Gasteiger partial charge in [0.05, 0.1) is 11.8 Å². The molecule has 2 aromatic carbocycles. The van der Waals surface area contributed by atoms with Gasteiger partial charge in [0.15, 0.2) is 0 Å². The zero-order chi connectivity index (χ0) is 19.7. The molecule has 0 aliphatic carbocycles. The van der Waals surface area contributed by atoms with E-state index in [1.807, 2.05) is 37.3 Å². The lowest BCUT2D eigenvalue weighted by Crippen LogP contribution is -2.29. The molecule has 0 radical (unpaired) electrons. The van der Waals surface area contributed by atoms with Gasteiger partial charge in [0.25, 0.3) is 11.7 Å². The van der Waals surface area contributed by atoms with Crippen molar-refractivity contribution in [3.63, 3.8) is 0 Å². The fraction of sp³-hybridized carbons (Fsp3) is 0.130. The standard InChI is InChI=1S/C23H19NO4/c1-2-15-10-12-17(13-11-15)24-20(18-9-6-14-28-18)19(22(26)23(24)27)21(25)16-7-4-3-5-8-16/h3-14,20,25H,2H2,1H3/b21-19-. The van der Waals surface area contributed by atoms with Crippen LogP contribution in [0, 0.1) is 0 Å². The van der Waals surface area contributed by atoms with Crippen LogP contribution in [-0.4, -0.2) is 16.8 Å². The third-order valence-corrected chi connectivity index (χ3v) is 4.93. The van der Waals surface area contributed by atoms with Gasteiger partial charge in [0, 0.05) is 11.3 Å². The molecule has 1 fully saturated rings. The van der Waals surface area contributed by atoms with Gasteiger partial charge in [0.2, 0.25) is 0 Å². The summed E-state index contributed by atoms with van der Waals surface area (Å²) in [6.07, 6.45) is 2.35. The number of nitrogens with zero attached hydrogens (tertiary/aromatic N) is 1. The van der Waals surface area contributed by atoms with E-state index in [9.17, 15) is 14.7 Å². The molecule has 1 atom stereocenters. The first-order chi connectivity index (χ1) is 13.6. The Labute approximate surface area is 162 Å². The number of ketones is 1. The normalized spacial score (nSPS) is 18.6. The number of aliphatic hydroxyl groups is 1. The summed E-state index contributed by atoms with van der Waals surface area (Å²) in [5.74, 6) is -1.23. The molecule has 5 nitrogen and oxygen atoms in total. The summed E-state index contributed by atoms with van der Waals surface area (Å²) >= 11 is 0.